The Kier molecular flexibility index (Phi) is 4.11. The van der Waals surface area contributed by atoms with Gasteiger partial charge in [-0.2, -0.15) is 0 Å². The van der Waals surface area contributed by atoms with Crippen LogP contribution in [0.25, 0.3) is 0 Å². The van der Waals surface area contributed by atoms with Crippen LogP contribution in [0.5, 0.6) is 5.75 Å². The number of nitro groups is 1. The van der Waals surface area contributed by atoms with Gasteiger partial charge in [-0.1, -0.05) is 12.1 Å². The topological polar surface area (TPSA) is 90.4 Å². The molecule has 0 aliphatic carbocycles. The molecule has 0 aliphatic heterocycles. The third-order valence-corrected chi connectivity index (χ3v) is 2.64. The van der Waals surface area contributed by atoms with Gasteiger partial charge < -0.3 is 10.2 Å². The molecule has 2 aromatic carbocycles. The Labute approximate surface area is 114 Å². The van der Waals surface area contributed by atoms with Gasteiger partial charge in [-0.25, -0.2) is 4.39 Å². The van der Waals surface area contributed by atoms with Crippen molar-refractivity contribution in [2.24, 2.45) is 5.84 Å². The molecule has 0 atom stereocenters. The molecular formula is C13H12FN3O3. The molecule has 0 saturated carbocycles. The predicted octanol–water partition coefficient (Wildman–Crippen LogP) is 2.60. The predicted molar refractivity (Wildman–Crippen MR) is 71.6 cm³/mol. The molecule has 20 heavy (non-hydrogen) atoms. The SMILES string of the molecule is NNc1cc(COc2ccccc2F)ccc1[N+](=O)[O-]. The van der Waals surface area contributed by atoms with E-state index in [9.17, 15) is 14.5 Å². The number of ether oxygens (including phenoxy) is 1. The minimum absolute atomic E-state index is 0.0770. The highest BCUT2D eigenvalue weighted by Crippen LogP contribution is 2.25. The van der Waals surface area contributed by atoms with E-state index < -0.39 is 10.7 Å². The summed E-state index contributed by atoms with van der Waals surface area (Å²) in [5, 5.41) is 10.7. The number of nitrogens with zero attached hydrogens (tertiary/aromatic N) is 1. The highest BCUT2D eigenvalue weighted by Gasteiger charge is 2.13. The highest BCUT2D eigenvalue weighted by molar-refractivity contribution is 5.62. The van der Waals surface area contributed by atoms with Crippen LogP contribution in [-0.4, -0.2) is 4.92 Å². The van der Waals surface area contributed by atoms with Crippen molar-refractivity contribution < 1.29 is 14.1 Å². The van der Waals surface area contributed by atoms with E-state index >= 15 is 0 Å². The lowest BCUT2D eigenvalue weighted by atomic mass is 10.2. The molecule has 6 nitrogen and oxygen atoms in total. The number of benzene rings is 2. The third-order valence-electron chi connectivity index (χ3n) is 2.64. The summed E-state index contributed by atoms with van der Waals surface area (Å²) in [5.74, 6) is 4.89. The first-order valence-electron chi connectivity index (χ1n) is 5.73. The van der Waals surface area contributed by atoms with Gasteiger partial charge in [0.2, 0.25) is 0 Å². The first-order valence-corrected chi connectivity index (χ1v) is 5.73. The third kappa shape index (κ3) is 3.01. The monoisotopic (exact) mass is 277 g/mol. The second-order valence-electron chi connectivity index (χ2n) is 3.97. The van der Waals surface area contributed by atoms with Crippen molar-refractivity contribution in [3.05, 3.63) is 64.0 Å². The summed E-state index contributed by atoms with van der Waals surface area (Å²) in [6.45, 7) is 0.0770. The molecule has 0 heterocycles. The van der Waals surface area contributed by atoms with Crippen molar-refractivity contribution >= 4 is 11.4 Å². The molecule has 3 N–H and O–H groups in total. The standard InChI is InChI=1S/C13H12FN3O3/c14-10-3-1-2-4-13(10)20-8-9-5-6-12(17(18)19)11(7-9)16-15/h1-7,16H,8,15H2. The fraction of sp³-hybridized carbons (Fsp3) is 0.0769. The second kappa shape index (κ2) is 5.98. The van der Waals surface area contributed by atoms with E-state index in [1.54, 1.807) is 12.1 Å². The minimum Gasteiger partial charge on any atom is -0.486 e. The lowest BCUT2D eigenvalue weighted by Crippen LogP contribution is -2.10. The Hall–Kier alpha value is -2.67. The number of para-hydroxylation sites is 1. The molecule has 0 bridgehead atoms. The summed E-state index contributed by atoms with van der Waals surface area (Å²) >= 11 is 0. The molecule has 0 amide bonds. The van der Waals surface area contributed by atoms with Crippen LogP contribution >= 0.6 is 0 Å². The van der Waals surface area contributed by atoms with Gasteiger partial charge in [0, 0.05) is 6.07 Å². The normalized spacial score (nSPS) is 10.1. The number of anilines is 1. The first kappa shape index (κ1) is 13.8. The van der Waals surface area contributed by atoms with Gasteiger partial charge in [0.25, 0.3) is 5.69 Å². The molecule has 0 aliphatic rings. The number of halogens is 1. The van der Waals surface area contributed by atoms with Gasteiger partial charge in [0.1, 0.15) is 12.3 Å². The molecular weight excluding hydrogens is 265 g/mol. The maximum atomic E-state index is 13.4. The minimum atomic E-state index is -0.545. The molecule has 0 unspecified atom stereocenters. The Morgan fingerprint density at radius 2 is 2.05 bits per heavy atom. The number of nitrogen functional groups attached to an aromatic ring is 1. The van der Waals surface area contributed by atoms with E-state index in [0.29, 0.717) is 5.56 Å². The van der Waals surface area contributed by atoms with E-state index in [4.69, 9.17) is 10.6 Å². The summed E-state index contributed by atoms with van der Waals surface area (Å²) in [6, 6.07) is 10.3. The van der Waals surface area contributed by atoms with Crippen LogP contribution < -0.4 is 16.0 Å². The van der Waals surface area contributed by atoms with Gasteiger partial charge >= 0.3 is 0 Å². The van der Waals surface area contributed by atoms with E-state index in [1.807, 2.05) is 0 Å². The summed E-state index contributed by atoms with van der Waals surface area (Å²) in [4.78, 5) is 10.2. The van der Waals surface area contributed by atoms with Crippen LogP contribution in [0, 0.1) is 15.9 Å². The molecule has 0 spiro atoms. The van der Waals surface area contributed by atoms with Gasteiger partial charge in [0.05, 0.1) is 4.92 Å². The molecule has 0 saturated heterocycles. The molecule has 2 aromatic rings. The Balaban J connectivity index is 2.15. The Morgan fingerprint density at radius 3 is 2.70 bits per heavy atom. The van der Waals surface area contributed by atoms with Crippen molar-refractivity contribution in [2.45, 2.75) is 6.61 Å². The fourth-order valence-electron chi connectivity index (χ4n) is 1.67. The quantitative estimate of drug-likeness (QED) is 0.498. The van der Waals surface area contributed by atoms with Gasteiger partial charge in [-0.3, -0.25) is 16.0 Å². The van der Waals surface area contributed by atoms with Crippen molar-refractivity contribution in [3.8, 4) is 5.75 Å². The van der Waals surface area contributed by atoms with Gasteiger partial charge in [-0.15, -0.1) is 0 Å². The zero-order valence-electron chi connectivity index (χ0n) is 10.4. The smallest absolute Gasteiger partial charge is 0.293 e. The van der Waals surface area contributed by atoms with Crippen LogP contribution in [0.3, 0.4) is 0 Å². The number of hydrazine groups is 1. The second-order valence-corrected chi connectivity index (χ2v) is 3.97. The van der Waals surface area contributed by atoms with Crippen LogP contribution in [-0.2, 0) is 6.61 Å². The number of rotatable bonds is 5. The molecule has 0 aromatic heterocycles. The summed E-state index contributed by atoms with van der Waals surface area (Å²) in [7, 11) is 0. The van der Waals surface area contributed by atoms with Crippen LogP contribution in [0.2, 0.25) is 0 Å². The molecule has 104 valence electrons. The lowest BCUT2D eigenvalue weighted by molar-refractivity contribution is -0.384. The zero-order chi connectivity index (χ0) is 14.5. The van der Waals surface area contributed by atoms with Crippen molar-refractivity contribution in [1.29, 1.82) is 0 Å². The largest absolute Gasteiger partial charge is 0.486 e. The summed E-state index contributed by atoms with van der Waals surface area (Å²) in [5.41, 5.74) is 2.92. The molecule has 0 radical (unpaired) electrons. The average Bonchev–Trinajstić information content (AvgIpc) is 2.46. The number of hydrogen-bond donors (Lipinski definition) is 2. The number of nitro benzene ring substituents is 1. The summed E-state index contributed by atoms with van der Waals surface area (Å²) in [6.07, 6.45) is 0. The molecule has 7 heteroatoms. The Bertz CT molecular complexity index is 634. The lowest BCUT2D eigenvalue weighted by Gasteiger charge is -2.08. The first-order chi connectivity index (χ1) is 9.61. The van der Waals surface area contributed by atoms with E-state index in [2.05, 4.69) is 5.43 Å². The maximum absolute atomic E-state index is 13.4. The zero-order valence-corrected chi connectivity index (χ0v) is 10.4. The van der Waals surface area contributed by atoms with Crippen LogP contribution in [0.4, 0.5) is 15.8 Å². The van der Waals surface area contributed by atoms with Crippen molar-refractivity contribution in [1.82, 2.24) is 0 Å². The van der Waals surface area contributed by atoms with Crippen molar-refractivity contribution in [3.63, 3.8) is 0 Å². The van der Waals surface area contributed by atoms with E-state index in [1.165, 1.54) is 30.3 Å². The number of hydrogen-bond acceptors (Lipinski definition) is 5. The molecule has 0 fully saturated rings. The summed E-state index contributed by atoms with van der Waals surface area (Å²) < 4.78 is 18.7. The van der Waals surface area contributed by atoms with Gasteiger partial charge in [-0.05, 0) is 29.8 Å². The van der Waals surface area contributed by atoms with Crippen LogP contribution in [0.1, 0.15) is 5.56 Å². The average molecular weight is 277 g/mol. The van der Waals surface area contributed by atoms with Gasteiger partial charge in [0.15, 0.2) is 11.6 Å². The Morgan fingerprint density at radius 1 is 1.30 bits per heavy atom. The molecule has 2 rings (SSSR count). The van der Waals surface area contributed by atoms with E-state index in [-0.39, 0.29) is 23.7 Å². The maximum Gasteiger partial charge on any atom is 0.293 e. The fourth-order valence-corrected chi connectivity index (χ4v) is 1.67. The highest BCUT2D eigenvalue weighted by atomic mass is 19.1. The van der Waals surface area contributed by atoms with Crippen LogP contribution in [0.15, 0.2) is 42.5 Å². The number of nitrogens with two attached hydrogens (primary N) is 1. The van der Waals surface area contributed by atoms with Crippen molar-refractivity contribution in [2.75, 3.05) is 5.43 Å². The van der Waals surface area contributed by atoms with E-state index in [0.717, 1.165) is 0 Å². The number of nitrogens with one attached hydrogen (secondary N) is 1.